The van der Waals surface area contributed by atoms with Gasteiger partial charge in [-0.05, 0) is 302 Å². The molecule has 0 saturated heterocycles. The van der Waals surface area contributed by atoms with Gasteiger partial charge in [0.15, 0.2) is 0 Å². The smallest absolute Gasteiger partial charge is 0.465 e. The summed E-state index contributed by atoms with van der Waals surface area (Å²) in [5, 5.41) is 38.0. The molecule has 31 heteroatoms. The molecule has 0 aliphatic heterocycles. The standard InChI is InChI=1S/C22H20F4O3.4C21H22F4O2/c1-21(2)10-4-5-18(21)16-11-13(20(27)28-3)6-8-15(16)17-12-14(7-9-19(17)23)29-22(24,25)26;4*1-20(2)9-3-4-18(20)16-10-13(12-26)5-7-15(16)17-11-14(6-8-19(17)22)27-21(23,24)25/h5-9,11-12H,4,10H2,1-3H3;4*5-8,10-11,18,26H,3-4,9,12H2,1-2H3/t;2*18-;;/m.10../s1. The first-order chi connectivity index (χ1) is 63.9. The van der Waals surface area contributed by atoms with E-state index >= 15 is 0 Å². The molecule has 0 spiro atoms. The number of rotatable bonds is 20. The molecule has 0 amide bonds. The summed E-state index contributed by atoms with van der Waals surface area (Å²) in [6, 6.07) is 40.3. The summed E-state index contributed by atoms with van der Waals surface area (Å²) in [6.07, 6.45) is -8.75. The number of alkyl halides is 15. The first kappa shape index (κ1) is 106. The van der Waals surface area contributed by atoms with Crippen molar-refractivity contribution in [1.82, 2.24) is 0 Å². The summed E-state index contributed by atoms with van der Waals surface area (Å²) >= 11 is 0. The number of aliphatic hydroxyl groups excluding tert-OH is 4. The maximum absolute atomic E-state index is 14.6. The van der Waals surface area contributed by atoms with Crippen LogP contribution >= 0.6 is 0 Å². The van der Waals surface area contributed by atoms with Crippen molar-refractivity contribution < 1.29 is 141 Å². The van der Waals surface area contributed by atoms with Gasteiger partial charge in [0, 0.05) is 27.8 Å². The molecule has 10 aromatic rings. The molecule has 15 rings (SSSR count). The van der Waals surface area contributed by atoms with Gasteiger partial charge in [-0.15, -0.1) is 65.9 Å². The zero-order valence-electron chi connectivity index (χ0n) is 77.1. The molecule has 137 heavy (non-hydrogen) atoms. The van der Waals surface area contributed by atoms with Gasteiger partial charge < -0.3 is 48.8 Å². The second-order valence-electron chi connectivity index (χ2n) is 38.3. The van der Waals surface area contributed by atoms with Crippen LogP contribution in [0.2, 0.25) is 0 Å². The molecular weight excluding hydrogens is 1830 g/mol. The van der Waals surface area contributed by atoms with E-state index in [0.717, 1.165) is 209 Å². The fraction of sp³-hybridized carbons (Fsp3) is 0.406. The van der Waals surface area contributed by atoms with Crippen molar-refractivity contribution in [3.05, 3.63) is 273 Å². The Labute approximate surface area is 781 Å². The van der Waals surface area contributed by atoms with Crippen LogP contribution in [0, 0.1) is 56.2 Å². The minimum absolute atomic E-state index is 0.0145. The molecule has 5 aliphatic rings. The Morgan fingerprint density at radius 2 is 0.533 bits per heavy atom. The van der Waals surface area contributed by atoms with Crippen molar-refractivity contribution in [2.45, 2.75) is 241 Å². The lowest BCUT2D eigenvalue weighted by Gasteiger charge is -2.30. The fourth-order valence-corrected chi connectivity index (χ4v) is 19.8. The molecule has 4 atom stereocenters. The zero-order chi connectivity index (χ0) is 101. The second kappa shape index (κ2) is 42.7. The third-order valence-corrected chi connectivity index (χ3v) is 26.6. The Morgan fingerprint density at radius 1 is 0.299 bits per heavy atom. The molecule has 0 radical (unpaired) electrons. The van der Waals surface area contributed by atoms with Gasteiger partial charge in [-0.25, -0.2) is 26.7 Å². The lowest BCUT2D eigenvalue weighted by molar-refractivity contribution is -0.275. The minimum atomic E-state index is -4.89. The molecule has 4 saturated carbocycles. The maximum Gasteiger partial charge on any atom is 0.573 e. The predicted molar refractivity (Wildman–Crippen MR) is 480 cm³/mol. The number of carbonyl (C=O) groups excluding carboxylic acids is 1. The molecule has 10 aromatic carbocycles. The fourth-order valence-electron chi connectivity index (χ4n) is 19.8. The number of carbonyl (C=O) groups is 1. The molecular formula is C106H108F20O11. The maximum atomic E-state index is 14.6. The molecule has 4 N–H and O–H groups in total. The van der Waals surface area contributed by atoms with Crippen LogP contribution in [0.25, 0.3) is 61.2 Å². The van der Waals surface area contributed by atoms with E-state index in [1.54, 1.807) is 54.6 Å². The number of esters is 1. The van der Waals surface area contributed by atoms with Crippen molar-refractivity contribution in [2.24, 2.45) is 27.1 Å². The number of benzene rings is 10. The van der Waals surface area contributed by atoms with Crippen molar-refractivity contribution in [2.75, 3.05) is 7.11 Å². The largest absolute Gasteiger partial charge is 0.573 e. The number of hydrogen-bond acceptors (Lipinski definition) is 11. The van der Waals surface area contributed by atoms with E-state index in [0.29, 0.717) is 55.6 Å². The highest BCUT2D eigenvalue weighted by Crippen LogP contribution is 2.57. The van der Waals surface area contributed by atoms with E-state index in [4.69, 9.17) is 4.74 Å². The average Bonchev–Trinajstić information content (AvgIpc) is 1.75. The Morgan fingerprint density at radius 3 is 0.730 bits per heavy atom. The second-order valence-corrected chi connectivity index (χ2v) is 38.3. The molecule has 0 heterocycles. The van der Waals surface area contributed by atoms with Gasteiger partial charge in [-0.3, -0.25) is 0 Å². The van der Waals surface area contributed by atoms with Gasteiger partial charge in [-0.1, -0.05) is 180 Å². The third-order valence-electron chi connectivity index (χ3n) is 26.6. The van der Waals surface area contributed by atoms with Gasteiger partial charge >= 0.3 is 37.8 Å². The normalized spacial score (nSPS) is 18.5. The highest BCUT2D eigenvalue weighted by molar-refractivity contribution is 5.94. The molecule has 2 unspecified atom stereocenters. The Balaban J connectivity index is 0.000000164. The van der Waals surface area contributed by atoms with Gasteiger partial charge in [0.2, 0.25) is 0 Å². The van der Waals surface area contributed by atoms with E-state index in [1.165, 1.54) is 19.2 Å². The molecule has 4 fully saturated rings. The zero-order valence-corrected chi connectivity index (χ0v) is 77.1. The summed E-state index contributed by atoms with van der Waals surface area (Å²) in [5.41, 5.74) is 10.4. The highest BCUT2D eigenvalue weighted by Gasteiger charge is 2.44. The van der Waals surface area contributed by atoms with Crippen LogP contribution in [0.4, 0.5) is 87.8 Å². The lowest BCUT2D eigenvalue weighted by atomic mass is 9.75. The van der Waals surface area contributed by atoms with Crippen LogP contribution in [0.15, 0.2) is 188 Å². The van der Waals surface area contributed by atoms with Crippen LogP contribution in [-0.2, 0) is 31.2 Å². The summed E-state index contributed by atoms with van der Waals surface area (Å²) in [6.45, 7) is 20.6. The summed E-state index contributed by atoms with van der Waals surface area (Å²) < 4.78 is 286. The Hall–Kier alpha value is -11.2. The monoisotopic (exact) mass is 1940 g/mol. The van der Waals surface area contributed by atoms with E-state index in [2.05, 4.69) is 79.1 Å². The number of hydrogen-bond donors (Lipinski definition) is 4. The van der Waals surface area contributed by atoms with Gasteiger partial charge in [0.1, 0.15) is 57.8 Å². The van der Waals surface area contributed by atoms with Crippen LogP contribution in [0.5, 0.6) is 28.7 Å². The third kappa shape index (κ3) is 27.3. The Kier molecular flexibility index (Phi) is 33.1. The first-order valence-corrected chi connectivity index (χ1v) is 44.6. The van der Waals surface area contributed by atoms with E-state index in [9.17, 15) is 113 Å². The summed E-state index contributed by atoms with van der Waals surface area (Å²) in [7, 11) is 1.26. The highest BCUT2D eigenvalue weighted by atomic mass is 19.4. The van der Waals surface area contributed by atoms with Gasteiger partial charge in [0.05, 0.1) is 39.1 Å². The minimum Gasteiger partial charge on any atom is -0.465 e. The van der Waals surface area contributed by atoms with Crippen LogP contribution in [-0.4, -0.2) is 65.3 Å². The molecule has 0 aromatic heterocycles. The number of ether oxygens (including phenoxy) is 6. The van der Waals surface area contributed by atoms with E-state index in [1.807, 2.05) is 44.2 Å². The Bertz CT molecular complexity index is 5390. The first-order valence-electron chi connectivity index (χ1n) is 44.6. The van der Waals surface area contributed by atoms with E-state index in [-0.39, 0.29) is 111 Å². The SMILES string of the molecule is CC1(C)CCCC1c1cc(CO)ccc1-c1cc(OC(F)(F)F)ccc1F.CC1(C)CCCC1c1cc(CO)ccc1-c1cc(OC(F)(F)F)ccc1F.CC1(C)CCC[C@@H]1c1cc(CO)ccc1-c1cc(OC(F)(F)F)ccc1F.CC1(C)CCC[C@H]1c1cc(CO)ccc1-c1cc(OC(F)(F)F)ccc1F.COC(=O)c1ccc(-c2cc(OC(F)(F)F)ccc2F)c(C2=CCCC2(C)C)c1. The van der Waals surface area contributed by atoms with E-state index < -0.39 is 95.6 Å². The predicted octanol–water partition coefficient (Wildman–Crippen LogP) is 31.1. The van der Waals surface area contributed by atoms with Crippen molar-refractivity contribution in [3.63, 3.8) is 0 Å². The number of aliphatic hydroxyl groups is 4. The van der Waals surface area contributed by atoms with Crippen molar-refractivity contribution in [1.29, 1.82) is 0 Å². The number of halogens is 20. The summed E-state index contributed by atoms with van der Waals surface area (Å²) in [4.78, 5) is 12.0. The number of allylic oxidation sites excluding steroid dienone is 2. The summed E-state index contributed by atoms with van der Waals surface area (Å²) in [5.74, 6) is -5.52. The molecule has 738 valence electrons. The lowest BCUT2D eigenvalue weighted by Crippen LogP contribution is -2.17. The average molecular weight is 1940 g/mol. The molecule has 0 bridgehead atoms. The van der Waals surface area contributed by atoms with Crippen LogP contribution < -0.4 is 23.7 Å². The van der Waals surface area contributed by atoms with Gasteiger partial charge in [-0.2, -0.15) is 0 Å². The van der Waals surface area contributed by atoms with Crippen molar-refractivity contribution in [3.8, 4) is 84.4 Å². The van der Waals surface area contributed by atoms with Gasteiger partial charge in [0.25, 0.3) is 0 Å². The molecule has 5 aliphatic carbocycles. The van der Waals surface area contributed by atoms with Crippen molar-refractivity contribution >= 4 is 11.5 Å². The number of methoxy groups -OCH3 is 1. The quantitative estimate of drug-likeness (QED) is 0.0426. The van der Waals surface area contributed by atoms with Crippen LogP contribution in [0.3, 0.4) is 0 Å². The topological polar surface area (TPSA) is 153 Å². The van der Waals surface area contributed by atoms with Crippen LogP contribution in [0.1, 0.15) is 243 Å². The molecule has 11 nitrogen and oxygen atoms in total.